The smallest absolute Gasteiger partial charge is 0.123 e. The first-order chi connectivity index (χ1) is 26.2. The van der Waals surface area contributed by atoms with Gasteiger partial charge < -0.3 is 18.9 Å². The summed E-state index contributed by atoms with van der Waals surface area (Å²) in [7, 11) is 0. The van der Waals surface area contributed by atoms with E-state index in [4.69, 9.17) is 18.9 Å². The fourth-order valence-electron chi connectivity index (χ4n) is 6.78. The van der Waals surface area contributed by atoms with Gasteiger partial charge in [-0.2, -0.15) is 0 Å². The predicted molar refractivity (Wildman–Crippen MR) is 228 cm³/mol. The van der Waals surface area contributed by atoms with Gasteiger partial charge in [-0.25, -0.2) is 0 Å². The van der Waals surface area contributed by atoms with Crippen LogP contribution in [0, 0.1) is 0 Å². The molecule has 0 aliphatic heterocycles. The number of benzene rings is 3. The Hall–Kier alpha value is -3.14. The highest BCUT2D eigenvalue weighted by Crippen LogP contribution is 2.34. The maximum atomic E-state index is 6.32. The highest BCUT2D eigenvalue weighted by molar-refractivity contribution is 5.73. The number of unbranched alkanes of at least 4 members (excludes halogenated alkanes) is 19. The van der Waals surface area contributed by atoms with Crippen LogP contribution in [-0.4, -0.2) is 26.4 Å². The van der Waals surface area contributed by atoms with E-state index in [1.54, 1.807) is 0 Å². The van der Waals surface area contributed by atoms with Crippen LogP contribution in [0.25, 0.3) is 22.3 Å². The lowest BCUT2D eigenvalue weighted by Gasteiger charge is -2.14. The zero-order valence-electron chi connectivity index (χ0n) is 34.5. The number of hydrogen-bond acceptors (Lipinski definition) is 4. The topological polar surface area (TPSA) is 36.9 Å². The van der Waals surface area contributed by atoms with Crippen LogP contribution < -0.4 is 18.9 Å². The molecule has 0 N–H and O–H groups in total. The summed E-state index contributed by atoms with van der Waals surface area (Å²) in [4.78, 5) is 0. The molecular weight excluding hydrogens is 653 g/mol. The van der Waals surface area contributed by atoms with Crippen LogP contribution in [0.2, 0.25) is 0 Å². The number of hydrogen-bond donors (Lipinski definition) is 0. The average molecular weight is 729 g/mol. The third-order valence-corrected chi connectivity index (χ3v) is 10.1. The van der Waals surface area contributed by atoms with Crippen molar-refractivity contribution in [3.8, 4) is 45.3 Å². The molecule has 53 heavy (non-hydrogen) atoms. The Kier molecular flexibility index (Phi) is 24.4. The van der Waals surface area contributed by atoms with Crippen molar-refractivity contribution in [1.82, 2.24) is 0 Å². The lowest BCUT2D eigenvalue weighted by Crippen LogP contribution is -2.01. The minimum absolute atomic E-state index is 0.740. The van der Waals surface area contributed by atoms with E-state index in [9.17, 15) is 0 Å². The third kappa shape index (κ3) is 19.7. The highest BCUT2D eigenvalue weighted by atomic mass is 16.5. The summed E-state index contributed by atoms with van der Waals surface area (Å²) >= 11 is 0. The van der Waals surface area contributed by atoms with E-state index in [0.29, 0.717) is 0 Å². The molecule has 3 aromatic carbocycles. The Morgan fingerprint density at radius 2 is 0.491 bits per heavy atom. The van der Waals surface area contributed by atoms with Gasteiger partial charge >= 0.3 is 0 Å². The van der Waals surface area contributed by atoms with Crippen molar-refractivity contribution in [2.75, 3.05) is 26.4 Å². The van der Waals surface area contributed by atoms with Crippen molar-refractivity contribution in [3.63, 3.8) is 0 Å². The Bertz CT molecular complexity index is 1280. The predicted octanol–water partition coefficient (Wildman–Crippen LogP) is 15.6. The van der Waals surface area contributed by atoms with Gasteiger partial charge in [-0.15, -0.1) is 0 Å². The van der Waals surface area contributed by atoms with Gasteiger partial charge in [0.05, 0.1) is 26.4 Å². The molecule has 0 fully saturated rings. The molecule has 3 aromatic rings. The molecule has 0 aromatic heterocycles. The van der Waals surface area contributed by atoms with Crippen LogP contribution in [-0.2, 0) is 0 Å². The van der Waals surface area contributed by atoms with Gasteiger partial charge in [0.15, 0.2) is 0 Å². The van der Waals surface area contributed by atoms with E-state index in [1.165, 1.54) is 122 Å². The van der Waals surface area contributed by atoms with Crippen molar-refractivity contribution >= 4 is 0 Å². The molecule has 0 atom stereocenters. The van der Waals surface area contributed by atoms with Crippen LogP contribution in [0.1, 0.15) is 175 Å². The Balaban J connectivity index is 1.72. The van der Waals surface area contributed by atoms with E-state index >= 15 is 0 Å². The summed E-state index contributed by atoms with van der Waals surface area (Å²) in [6.07, 6.45) is 28.7. The molecule has 4 heteroatoms. The minimum atomic E-state index is 0.740. The highest BCUT2D eigenvalue weighted by Gasteiger charge is 2.10. The average Bonchev–Trinajstić information content (AvgIpc) is 3.18. The van der Waals surface area contributed by atoms with Gasteiger partial charge in [0.1, 0.15) is 23.0 Å². The molecule has 0 spiro atoms. The molecular formula is C49H76O4. The zero-order chi connectivity index (χ0) is 37.6. The van der Waals surface area contributed by atoms with Gasteiger partial charge in [0.2, 0.25) is 0 Å². The first-order valence-corrected chi connectivity index (χ1v) is 22.1. The fourth-order valence-corrected chi connectivity index (χ4v) is 6.78. The second-order valence-corrected chi connectivity index (χ2v) is 15.1. The maximum Gasteiger partial charge on any atom is 0.123 e. The van der Waals surface area contributed by atoms with Crippen molar-refractivity contribution in [3.05, 3.63) is 60.7 Å². The van der Waals surface area contributed by atoms with Crippen molar-refractivity contribution in [2.45, 2.75) is 175 Å². The number of ether oxygens (including phenoxy) is 4. The molecule has 296 valence electrons. The van der Waals surface area contributed by atoms with Gasteiger partial charge in [-0.3, -0.25) is 0 Å². The second kappa shape index (κ2) is 29.2. The van der Waals surface area contributed by atoms with Crippen molar-refractivity contribution in [2.24, 2.45) is 0 Å². The summed E-state index contributed by atoms with van der Waals surface area (Å²) in [5, 5.41) is 0. The largest absolute Gasteiger partial charge is 0.493 e. The van der Waals surface area contributed by atoms with Gasteiger partial charge in [0.25, 0.3) is 0 Å². The van der Waals surface area contributed by atoms with Gasteiger partial charge in [-0.05, 0) is 72.2 Å². The summed E-state index contributed by atoms with van der Waals surface area (Å²) in [5.41, 5.74) is 4.55. The Morgan fingerprint density at radius 3 is 0.736 bits per heavy atom. The van der Waals surface area contributed by atoms with E-state index < -0.39 is 0 Å². The zero-order valence-corrected chi connectivity index (χ0v) is 34.5. The lowest BCUT2D eigenvalue weighted by molar-refractivity contribution is 0.289. The Labute approximate surface area is 325 Å². The van der Waals surface area contributed by atoms with Crippen LogP contribution in [0.3, 0.4) is 0 Å². The molecule has 0 saturated heterocycles. The Morgan fingerprint density at radius 1 is 0.264 bits per heavy atom. The van der Waals surface area contributed by atoms with E-state index in [-0.39, 0.29) is 0 Å². The molecule has 0 heterocycles. The molecule has 0 saturated carbocycles. The van der Waals surface area contributed by atoms with Crippen LogP contribution in [0.15, 0.2) is 60.7 Å². The van der Waals surface area contributed by atoms with Crippen LogP contribution in [0.5, 0.6) is 23.0 Å². The quantitative estimate of drug-likeness (QED) is 0.0585. The molecule has 4 nitrogen and oxygen atoms in total. The summed E-state index contributed by atoms with van der Waals surface area (Å²) in [6.45, 7) is 12.0. The molecule has 0 radical (unpaired) electrons. The summed E-state index contributed by atoms with van der Waals surface area (Å²) in [6, 6.07) is 21.7. The normalized spacial score (nSPS) is 11.2. The molecule has 0 aliphatic rings. The third-order valence-electron chi connectivity index (χ3n) is 10.1. The SMILES string of the molecule is CCCCCCCCOc1cc(OCCCCCCC)cc(-c2ccc(-c3cc(OCCCCCCCC)cc(OCCCCCCCC)c3)cc2)c1. The van der Waals surface area contributed by atoms with E-state index in [1.807, 2.05) is 0 Å². The van der Waals surface area contributed by atoms with Crippen LogP contribution >= 0.6 is 0 Å². The summed E-state index contributed by atoms with van der Waals surface area (Å²) in [5.74, 6) is 3.57. The number of rotatable bonds is 33. The lowest BCUT2D eigenvalue weighted by atomic mass is 9.99. The fraction of sp³-hybridized carbons (Fsp3) is 0.633. The first kappa shape index (κ1) is 44.3. The molecule has 0 bridgehead atoms. The first-order valence-electron chi connectivity index (χ1n) is 22.1. The standard InChI is InChI=1S/C49H76O4/c1-5-9-13-17-21-25-33-51-47-37-44(36-46(40-47)50-32-24-20-16-12-8-4)42-28-30-43(31-29-42)45-38-48(52-34-26-22-18-14-10-6-2)41-49(39-45)53-35-27-23-19-15-11-7-3/h28-31,36-41H,5-27,32-35H2,1-4H3. The minimum Gasteiger partial charge on any atom is -0.493 e. The molecule has 3 rings (SSSR count). The van der Waals surface area contributed by atoms with Crippen molar-refractivity contribution < 1.29 is 18.9 Å². The van der Waals surface area contributed by atoms with E-state index in [0.717, 1.165) is 97.4 Å². The van der Waals surface area contributed by atoms with Gasteiger partial charge in [-0.1, -0.05) is 174 Å². The molecule has 0 aliphatic carbocycles. The summed E-state index contributed by atoms with van der Waals surface area (Å²) < 4.78 is 25.3. The van der Waals surface area contributed by atoms with Crippen LogP contribution in [0.4, 0.5) is 0 Å². The second-order valence-electron chi connectivity index (χ2n) is 15.1. The monoisotopic (exact) mass is 729 g/mol. The van der Waals surface area contributed by atoms with Gasteiger partial charge in [0, 0.05) is 12.1 Å². The van der Waals surface area contributed by atoms with Crippen molar-refractivity contribution in [1.29, 1.82) is 0 Å². The maximum absolute atomic E-state index is 6.32. The van der Waals surface area contributed by atoms with E-state index in [2.05, 4.69) is 88.4 Å². The molecule has 0 unspecified atom stereocenters. The molecule has 0 amide bonds.